The first-order valence-corrected chi connectivity index (χ1v) is 11.9. The molecule has 0 spiro atoms. The third-order valence-electron chi connectivity index (χ3n) is 6.51. The van der Waals surface area contributed by atoms with Crippen LogP contribution >= 0.6 is 11.6 Å². The van der Waals surface area contributed by atoms with Crippen LogP contribution in [0.4, 0.5) is 22.0 Å². The van der Waals surface area contributed by atoms with Crippen LogP contribution in [0.15, 0.2) is 12.1 Å². The zero-order valence-corrected chi connectivity index (χ0v) is 20.2. The molecule has 1 aromatic heterocycles. The minimum Gasteiger partial charge on any atom is -0.350 e. The first kappa shape index (κ1) is 26.4. The Balaban J connectivity index is 1.85. The predicted octanol–water partition coefficient (Wildman–Crippen LogP) is 6.66. The lowest BCUT2D eigenvalue weighted by Crippen LogP contribution is -2.31. The molecule has 1 N–H and O–H groups in total. The van der Waals surface area contributed by atoms with Crippen LogP contribution in [0, 0.1) is 29.4 Å². The lowest BCUT2D eigenvalue weighted by molar-refractivity contribution is -0.169. The number of alkyl halides is 3. The Bertz CT molecular complexity index is 1010. The summed E-state index contributed by atoms with van der Waals surface area (Å²) in [6, 6.07) is 1.72. The van der Waals surface area contributed by atoms with Crippen LogP contribution in [0.3, 0.4) is 0 Å². The van der Waals surface area contributed by atoms with Gasteiger partial charge in [0.05, 0.1) is 5.92 Å². The topological polar surface area (TPSA) is 46.9 Å². The van der Waals surface area contributed by atoms with Gasteiger partial charge in [-0.2, -0.15) is 13.2 Å². The molecule has 3 rings (SSSR count). The predicted molar refractivity (Wildman–Crippen MR) is 120 cm³/mol. The fourth-order valence-electron chi connectivity index (χ4n) is 4.33. The van der Waals surface area contributed by atoms with E-state index in [0.29, 0.717) is 18.4 Å². The maximum Gasteiger partial charge on any atom is 0.391 e. The number of nitrogens with one attached hydrogen (secondary N) is 1. The van der Waals surface area contributed by atoms with E-state index in [1.807, 2.05) is 0 Å². The number of nitrogens with zero attached hydrogens (tertiary/aromatic N) is 2. The highest BCUT2D eigenvalue weighted by atomic mass is 35.5. The Labute approximate surface area is 200 Å². The van der Waals surface area contributed by atoms with Gasteiger partial charge in [-0.3, -0.25) is 9.36 Å². The summed E-state index contributed by atoms with van der Waals surface area (Å²) in [5, 5.41) is 2.57. The van der Waals surface area contributed by atoms with Crippen molar-refractivity contribution in [3.05, 3.63) is 46.0 Å². The average molecular weight is 506 g/mol. The number of hydrogen-bond donors (Lipinski definition) is 1. The Kier molecular flexibility index (Phi) is 8.26. The summed E-state index contributed by atoms with van der Waals surface area (Å²) in [4.78, 5) is 17.0. The SMILES string of the molecule is CCc1nc(C(=O)NCC2CCC(C)CC2)c(Cl)n1-c1c(F)cc(C[C@@H](C)C(F)(F)F)cc1F. The molecule has 4 nitrogen and oxygen atoms in total. The highest BCUT2D eigenvalue weighted by molar-refractivity contribution is 6.32. The molecular weight excluding hydrogens is 477 g/mol. The average Bonchev–Trinajstić information content (AvgIpc) is 3.08. The fraction of sp³-hybridized carbons (Fsp3) is 0.583. The van der Waals surface area contributed by atoms with Gasteiger partial charge in [0.2, 0.25) is 0 Å². The number of imidazole rings is 1. The van der Waals surface area contributed by atoms with Crippen LogP contribution in [0.1, 0.15) is 68.3 Å². The first-order valence-electron chi connectivity index (χ1n) is 11.5. The quantitative estimate of drug-likeness (QED) is 0.427. The Morgan fingerprint density at radius 3 is 2.32 bits per heavy atom. The standard InChI is InChI=1S/C24H29ClF5N3O/c1-4-19-32-20(23(34)31-12-15-7-5-13(2)6-8-15)22(25)33(19)21-17(26)10-16(11-18(21)27)9-14(3)24(28,29)30/h10-11,13-15H,4-9,12H2,1-3H3,(H,31,34)/t13?,14-,15?/m1/s1. The number of aromatic nitrogens is 2. The second kappa shape index (κ2) is 10.6. The van der Waals surface area contributed by atoms with Crippen LogP contribution in [0.25, 0.3) is 5.69 Å². The van der Waals surface area contributed by atoms with Crippen molar-refractivity contribution in [1.29, 1.82) is 0 Å². The van der Waals surface area contributed by atoms with Crippen LogP contribution < -0.4 is 5.32 Å². The van der Waals surface area contributed by atoms with Crippen LogP contribution in [0.2, 0.25) is 5.15 Å². The van der Waals surface area contributed by atoms with E-state index in [-0.39, 0.29) is 28.7 Å². The zero-order chi connectivity index (χ0) is 25.2. The molecule has 10 heteroatoms. The summed E-state index contributed by atoms with van der Waals surface area (Å²) in [5.41, 5.74) is -0.841. The van der Waals surface area contributed by atoms with Crippen molar-refractivity contribution in [2.45, 2.75) is 65.5 Å². The van der Waals surface area contributed by atoms with Gasteiger partial charge in [0.15, 0.2) is 17.3 Å². The third kappa shape index (κ3) is 5.90. The maximum atomic E-state index is 14.9. The van der Waals surface area contributed by atoms with Crippen LogP contribution in [0.5, 0.6) is 0 Å². The molecule has 1 heterocycles. The number of carbonyl (C=O) groups is 1. The normalized spacial score (nSPS) is 19.8. The van der Waals surface area contributed by atoms with Gasteiger partial charge >= 0.3 is 6.18 Å². The molecule has 0 saturated heterocycles. The molecule has 1 aliphatic carbocycles. The van der Waals surface area contributed by atoms with Crippen LogP contribution in [-0.4, -0.2) is 28.2 Å². The number of halogens is 6. The number of amides is 1. The van der Waals surface area contributed by atoms with Crippen molar-refractivity contribution in [3.63, 3.8) is 0 Å². The van der Waals surface area contributed by atoms with Gasteiger partial charge in [0.25, 0.3) is 5.91 Å². The molecule has 0 bridgehead atoms. The van der Waals surface area contributed by atoms with Gasteiger partial charge in [0.1, 0.15) is 16.7 Å². The molecule has 1 aliphatic rings. The maximum absolute atomic E-state index is 14.9. The van der Waals surface area contributed by atoms with E-state index in [1.165, 1.54) is 0 Å². The number of hydrogen-bond acceptors (Lipinski definition) is 2. The van der Waals surface area contributed by atoms with E-state index in [4.69, 9.17) is 11.6 Å². The lowest BCUT2D eigenvalue weighted by atomic mass is 9.83. The molecule has 0 aliphatic heterocycles. The fourth-order valence-corrected chi connectivity index (χ4v) is 4.64. The summed E-state index contributed by atoms with van der Waals surface area (Å²) >= 11 is 6.36. The Morgan fingerprint density at radius 1 is 1.21 bits per heavy atom. The van der Waals surface area contributed by atoms with E-state index < -0.39 is 41.7 Å². The smallest absolute Gasteiger partial charge is 0.350 e. The number of aryl methyl sites for hydroxylation is 1. The molecule has 2 aromatic rings. The highest BCUT2D eigenvalue weighted by Gasteiger charge is 2.36. The summed E-state index contributed by atoms with van der Waals surface area (Å²) < 4.78 is 69.5. The number of benzene rings is 1. The van der Waals surface area contributed by atoms with Crippen molar-refractivity contribution in [3.8, 4) is 5.69 Å². The van der Waals surface area contributed by atoms with Gasteiger partial charge in [-0.25, -0.2) is 13.8 Å². The first-order chi connectivity index (χ1) is 15.9. The molecular formula is C24H29ClF5N3O. The molecule has 188 valence electrons. The molecule has 0 radical (unpaired) electrons. The van der Waals surface area contributed by atoms with E-state index >= 15 is 0 Å². The van der Waals surface area contributed by atoms with E-state index in [0.717, 1.165) is 49.3 Å². The number of carbonyl (C=O) groups excluding carboxylic acids is 1. The third-order valence-corrected chi connectivity index (χ3v) is 6.86. The van der Waals surface area contributed by atoms with Crippen molar-refractivity contribution in [2.75, 3.05) is 6.54 Å². The molecule has 1 saturated carbocycles. The van der Waals surface area contributed by atoms with Gasteiger partial charge in [-0.05, 0) is 48.8 Å². The van der Waals surface area contributed by atoms with E-state index in [1.54, 1.807) is 6.92 Å². The molecule has 1 amide bonds. The molecule has 0 unspecified atom stereocenters. The minimum atomic E-state index is -4.48. The second-order valence-corrected chi connectivity index (χ2v) is 9.61. The highest BCUT2D eigenvalue weighted by Crippen LogP contribution is 2.32. The minimum absolute atomic E-state index is 0.127. The molecule has 1 atom stereocenters. The van der Waals surface area contributed by atoms with Gasteiger partial charge in [0, 0.05) is 13.0 Å². The summed E-state index contributed by atoms with van der Waals surface area (Å²) in [5.74, 6) is -3.26. The Morgan fingerprint density at radius 2 is 1.79 bits per heavy atom. The van der Waals surface area contributed by atoms with Crippen molar-refractivity contribution in [1.82, 2.24) is 14.9 Å². The monoisotopic (exact) mass is 505 g/mol. The summed E-state index contributed by atoms with van der Waals surface area (Å²) in [6.07, 6.45) is -0.590. The van der Waals surface area contributed by atoms with Gasteiger partial charge in [-0.1, -0.05) is 45.2 Å². The molecule has 1 aromatic carbocycles. The lowest BCUT2D eigenvalue weighted by Gasteiger charge is -2.26. The molecule has 1 fully saturated rings. The second-order valence-electron chi connectivity index (χ2n) is 9.25. The Hall–Kier alpha value is -2.16. The van der Waals surface area contributed by atoms with Crippen molar-refractivity contribution >= 4 is 17.5 Å². The summed E-state index contributed by atoms with van der Waals surface area (Å²) in [7, 11) is 0. The van der Waals surface area contributed by atoms with E-state index in [9.17, 15) is 26.7 Å². The van der Waals surface area contributed by atoms with Crippen molar-refractivity contribution < 1.29 is 26.7 Å². The van der Waals surface area contributed by atoms with Gasteiger partial charge < -0.3 is 5.32 Å². The van der Waals surface area contributed by atoms with Crippen LogP contribution in [-0.2, 0) is 12.8 Å². The molecule has 34 heavy (non-hydrogen) atoms. The summed E-state index contributed by atoms with van der Waals surface area (Å²) in [6.45, 7) is 5.31. The number of rotatable bonds is 7. The van der Waals surface area contributed by atoms with Crippen molar-refractivity contribution in [2.24, 2.45) is 17.8 Å². The van der Waals surface area contributed by atoms with Gasteiger partial charge in [-0.15, -0.1) is 0 Å². The largest absolute Gasteiger partial charge is 0.391 e. The zero-order valence-electron chi connectivity index (χ0n) is 19.4. The van der Waals surface area contributed by atoms with E-state index in [2.05, 4.69) is 17.2 Å².